The number of ether oxygens (including phenoxy) is 4. The first kappa shape index (κ1) is 45.6. The number of carbonyl (C=O) groups is 5. The summed E-state index contributed by atoms with van der Waals surface area (Å²) < 4.78 is 22.2. The summed E-state index contributed by atoms with van der Waals surface area (Å²) in [5.41, 5.74) is 9.27. The van der Waals surface area contributed by atoms with Crippen LogP contribution in [0.25, 0.3) is 0 Å². The number of aliphatic hydroxyl groups is 1. The minimum absolute atomic E-state index is 0.0297. The van der Waals surface area contributed by atoms with Crippen LogP contribution in [0.3, 0.4) is 0 Å². The number of benzene rings is 5. The third kappa shape index (κ3) is 14.6. The normalized spacial score (nSPS) is 12.5. The fourth-order valence-corrected chi connectivity index (χ4v) is 5.92. The molecule has 0 aliphatic carbocycles. The highest BCUT2D eigenvalue weighted by Gasteiger charge is 2.32. The molecule has 62 heavy (non-hydrogen) atoms. The molecule has 0 aliphatic heterocycles. The van der Waals surface area contributed by atoms with Gasteiger partial charge in [0.25, 0.3) is 5.91 Å². The number of hydrogen-bond donors (Lipinski definition) is 4. The molecule has 322 valence electrons. The lowest BCUT2D eigenvalue weighted by Crippen LogP contribution is -2.55. The predicted molar refractivity (Wildman–Crippen MR) is 229 cm³/mol. The molecule has 5 rings (SSSR count). The van der Waals surface area contributed by atoms with E-state index in [0.717, 1.165) is 10.5 Å². The average molecular weight is 844 g/mol. The zero-order valence-electron chi connectivity index (χ0n) is 34.1. The summed E-state index contributed by atoms with van der Waals surface area (Å²) in [6, 6.07) is 39.6. The Labute approximate surface area is 359 Å². The maximum absolute atomic E-state index is 14.0. The summed E-state index contributed by atoms with van der Waals surface area (Å²) in [5.74, 6) is -2.72. The molecule has 5 N–H and O–H groups in total. The number of guanidine groups is 1. The number of amides is 4. The number of rotatable bonds is 19. The van der Waals surface area contributed by atoms with Gasteiger partial charge in [0.05, 0.1) is 11.7 Å². The average Bonchev–Trinajstić information content (AvgIpc) is 3.30. The van der Waals surface area contributed by atoms with Crippen LogP contribution in [0.1, 0.15) is 52.4 Å². The molecule has 0 spiro atoms. The van der Waals surface area contributed by atoms with E-state index in [1.54, 1.807) is 91.0 Å². The highest BCUT2D eigenvalue weighted by molar-refractivity contribution is 6.00. The molecule has 5 aromatic carbocycles. The highest BCUT2D eigenvalue weighted by atomic mass is 16.6. The van der Waals surface area contributed by atoms with E-state index in [1.165, 1.54) is 13.0 Å². The number of esters is 1. The van der Waals surface area contributed by atoms with Crippen molar-refractivity contribution in [2.24, 2.45) is 10.7 Å². The molecule has 0 heterocycles. The van der Waals surface area contributed by atoms with Gasteiger partial charge < -0.3 is 40.4 Å². The fraction of sp³-hybridized carbons (Fsp3) is 0.234. The Morgan fingerprint density at radius 2 is 1.13 bits per heavy atom. The first-order valence-corrected chi connectivity index (χ1v) is 19.9. The summed E-state index contributed by atoms with van der Waals surface area (Å²) in [7, 11) is 0. The van der Waals surface area contributed by atoms with Crippen molar-refractivity contribution in [2.75, 3.05) is 6.54 Å². The minimum Gasteiger partial charge on any atom is -0.488 e. The topological polar surface area (TPSA) is 208 Å². The van der Waals surface area contributed by atoms with Gasteiger partial charge in [-0.3, -0.25) is 9.59 Å². The van der Waals surface area contributed by atoms with Gasteiger partial charge in [0.15, 0.2) is 6.04 Å². The molecule has 5 aromatic rings. The molecule has 15 heteroatoms. The van der Waals surface area contributed by atoms with Crippen molar-refractivity contribution >= 4 is 35.9 Å². The van der Waals surface area contributed by atoms with E-state index in [9.17, 15) is 29.1 Å². The van der Waals surface area contributed by atoms with Gasteiger partial charge in [0.2, 0.25) is 11.9 Å². The third-order valence-electron chi connectivity index (χ3n) is 9.24. The third-order valence-corrected chi connectivity index (χ3v) is 9.24. The van der Waals surface area contributed by atoms with Crippen LogP contribution < -0.4 is 21.1 Å². The number of nitrogens with one attached hydrogen (secondary N) is 2. The van der Waals surface area contributed by atoms with Crippen LogP contribution in [-0.4, -0.2) is 70.7 Å². The van der Waals surface area contributed by atoms with Crippen LogP contribution in [0.4, 0.5) is 9.59 Å². The monoisotopic (exact) mass is 843 g/mol. The Kier molecular flexibility index (Phi) is 17.6. The first-order chi connectivity index (χ1) is 30.1. The maximum Gasteiger partial charge on any atom is 0.437 e. The molecular formula is C47H49N5O10. The number of nitrogens with zero attached hydrogens (tertiary/aromatic N) is 2. The summed E-state index contributed by atoms with van der Waals surface area (Å²) in [4.78, 5) is 72.1. The number of aliphatic hydroxyl groups excluding tert-OH is 1. The molecule has 15 nitrogen and oxygen atoms in total. The quantitative estimate of drug-likeness (QED) is 0.0326. The number of aliphatic imine (C=N–C) groups is 1. The van der Waals surface area contributed by atoms with Gasteiger partial charge in [0, 0.05) is 6.54 Å². The number of nitrogens with two attached hydrogens (primary N) is 1. The fourth-order valence-electron chi connectivity index (χ4n) is 5.92. The van der Waals surface area contributed by atoms with E-state index in [-0.39, 0.29) is 57.1 Å². The Morgan fingerprint density at radius 1 is 0.645 bits per heavy atom. The molecule has 0 aromatic heterocycles. The van der Waals surface area contributed by atoms with Crippen molar-refractivity contribution < 1.29 is 48.0 Å². The molecule has 3 atom stereocenters. The molecule has 0 saturated heterocycles. The van der Waals surface area contributed by atoms with Crippen LogP contribution in [0.15, 0.2) is 151 Å². The van der Waals surface area contributed by atoms with Gasteiger partial charge in [-0.15, -0.1) is 4.99 Å². The molecule has 0 radical (unpaired) electrons. The zero-order valence-corrected chi connectivity index (χ0v) is 34.1. The Hall–Kier alpha value is -7.52. The lowest BCUT2D eigenvalue weighted by atomic mass is 10.1. The van der Waals surface area contributed by atoms with Crippen LogP contribution in [0.2, 0.25) is 0 Å². The maximum atomic E-state index is 14.0. The SMILES string of the molecule is CC(O)[C@H](NC(=O)[C@H](CCCN(C(=O)OCc1ccccc1)/C(N)=N/C(=O)OCc1ccccc1)NC(=O)c1ccccc1OCc1ccccc1)C(=O)OCc1ccccc1. The first-order valence-electron chi connectivity index (χ1n) is 19.9. The van der Waals surface area contributed by atoms with Gasteiger partial charge >= 0.3 is 18.2 Å². The molecule has 0 fully saturated rings. The Morgan fingerprint density at radius 3 is 1.68 bits per heavy atom. The molecule has 0 saturated carbocycles. The van der Waals surface area contributed by atoms with Crippen LogP contribution in [-0.2, 0) is 50.2 Å². The molecular weight excluding hydrogens is 795 g/mol. The van der Waals surface area contributed by atoms with Crippen LogP contribution in [0.5, 0.6) is 5.75 Å². The van der Waals surface area contributed by atoms with E-state index in [2.05, 4.69) is 15.6 Å². The molecule has 4 amide bonds. The number of para-hydroxylation sites is 1. The second-order valence-corrected chi connectivity index (χ2v) is 14.0. The molecule has 1 unspecified atom stereocenters. The van der Waals surface area contributed by atoms with E-state index in [4.69, 9.17) is 24.7 Å². The second-order valence-electron chi connectivity index (χ2n) is 14.0. The van der Waals surface area contributed by atoms with Crippen molar-refractivity contribution in [3.05, 3.63) is 173 Å². The lowest BCUT2D eigenvalue weighted by Gasteiger charge is -2.25. The summed E-state index contributed by atoms with van der Waals surface area (Å²) in [5, 5.41) is 15.8. The van der Waals surface area contributed by atoms with Gasteiger partial charge in [-0.1, -0.05) is 133 Å². The predicted octanol–water partition coefficient (Wildman–Crippen LogP) is 6.04. The zero-order chi connectivity index (χ0) is 44.1. The second kappa shape index (κ2) is 23.9. The van der Waals surface area contributed by atoms with Gasteiger partial charge in [-0.2, -0.15) is 0 Å². The summed E-state index contributed by atoms with van der Waals surface area (Å²) in [6.45, 7) is 0.890. The van der Waals surface area contributed by atoms with Crippen molar-refractivity contribution in [1.82, 2.24) is 15.5 Å². The van der Waals surface area contributed by atoms with E-state index >= 15 is 0 Å². The molecule has 0 bridgehead atoms. The van der Waals surface area contributed by atoms with Gasteiger partial charge in [-0.25, -0.2) is 19.3 Å². The standard InChI is InChI=1S/C47H49N5O10/c1-33(53)41(44(56)60-30-35-19-8-3-9-20-35)50-43(55)39(49-42(54)38-25-14-15-27-40(38)59-29-34-17-6-2-7-18-34)26-16-28-52(47(58)62-32-37-23-12-5-13-24-37)45(48)51-46(57)61-31-36-21-10-4-11-22-36/h2-15,17-25,27,33,39,41,53H,16,26,28-32H2,1H3,(H,49,54)(H,50,55)(H2,48,51,57)/t33?,39-,41-/m0/s1. The van der Waals surface area contributed by atoms with Gasteiger partial charge in [0.1, 0.15) is 38.2 Å². The lowest BCUT2D eigenvalue weighted by molar-refractivity contribution is -0.152. The van der Waals surface area contributed by atoms with Gasteiger partial charge in [-0.05, 0) is 54.2 Å². The van der Waals surface area contributed by atoms with Crippen LogP contribution >= 0.6 is 0 Å². The van der Waals surface area contributed by atoms with Crippen LogP contribution in [0, 0.1) is 0 Å². The van der Waals surface area contributed by atoms with Crippen molar-refractivity contribution in [3.63, 3.8) is 0 Å². The number of hydrogen-bond acceptors (Lipinski definition) is 10. The van der Waals surface area contributed by atoms with Crippen molar-refractivity contribution in [2.45, 2.75) is 64.4 Å². The molecule has 0 aliphatic rings. The van der Waals surface area contributed by atoms with E-state index < -0.39 is 54.1 Å². The highest BCUT2D eigenvalue weighted by Crippen LogP contribution is 2.20. The summed E-state index contributed by atoms with van der Waals surface area (Å²) in [6.07, 6.45) is -3.58. The number of carbonyl (C=O) groups excluding carboxylic acids is 5. The Balaban J connectivity index is 1.34. The van der Waals surface area contributed by atoms with E-state index in [0.29, 0.717) is 16.7 Å². The largest absolute Gasteiger partial charge is 0.488 e. The van der Waals surface area contributed by atoms with Crippen molar-refractivity contribution in [1.29, 1.82) is 0 Å². The van der Waals surface area contributed by atoms with Crippen molar-refractivity contribution in [3.8, 4) is 5.75 Å². The summed E-state index contributed by atoms with van der Waals surface area (Å²) >= 11 is 0. The minimum atomic E-state index is -1.51. The smallest absolute Gasteiger partial charge is 0.437 e. The van der Waals surface area contributed by atoms with E-state index in [1.807, 2.05) is 48.5 Å². The Bertz CT molecular complexity index is 2240.